The summed E-state index contributed by atoms with van der Waals surface area (Å²) < 4.78 is 25.2. The zero-order chi connectivity index (χ0) is 35.5. The Morgan fingerprint density at radius 2 is 1.56 bits per heavy atom. The molecule has 6 atom stereocenters. The van der Waals surface area contributed by atoms with Crippen LogP contribution in [0, 0.1) is 11.3 Å². The highest BCUT2D eigenvalue weighted by Gasteiger charge is 2.62. The van der Waals surface area contributed by atoms with Gasteiger partial charge in [-0.15, -0.1) is 0 Å². The smallest absolute Gasteiger partial charge is 0.340 e. The highest BCUT2D eigenvalue weighted by molar-refractivity contribution is 5.90. The van der Waals surface area contributed by atoms with Gasteiger partial charge in [-0.25, -0.2) is 19.3 Å². The van der Waals surface area contributed by atoms with Crippen LogP contribution in [0.5, 0.6) is 0 Å². The predicted molar refractivity (Wildman–Crippen MR) is 181 cm³/mol. The number of benzene rings is 1. The van der Waals surface area contributed by atoms with Gasteiger partial charge in [-0.1, -0.05) is 29.8 Å². The lowest BCUT2D eigenvalue weighted by atomic mass is 9.65. The van der Waals surface area contributed by atoms with Gasteiger partial charge in [0.15, 0.2) is 0 Å². The molecule has 0 bridgehead atoms. The summed E-state index contributed by atoms with van der Waals surface area (Å²) in [4.78, 5) is 54.5. The molecule has 1 fully saturated rings. The number of rotatable bonds is 9. The normalized spacial score (nSPS) is 28.7. The van der Waals surface area contributed by atoms with Crippen LogP contribution in [0.1, 0.15) is 84.5 Å². The van der Waals surface area contributed by atoms with Gasteiger partial charge in [0.25, 0.3) is 0 Å². The number of hydrogen-bond acceptors (Lipinski definition) is 11. The molecule has 1 aromatic carbocycles. The van der Waals surface area contributed by atoms with Gasteiger partial charge in [0.1, 0.15) is 24.4 Å². The molecule has 262 valence electrons. The summed E-state index contributed by atoms with van der Waals surface area (Å²) >= 11 is 0. The first-order valence-electron chi connectivity index (χ1n) is 16.8. The average molecular weight is 683 g/mol. The second-order valence-electron chi connectivity index (χ2n) is 14.0. The van der Waals surface area contributed by atoms with E-state index in [1.807, 2.05) is 26.0 Å². The summed E-state index contributed by atoms with van der Waals surface area (Å²) in [6.45, 7) is 7.12. The Bertz CT molecular complexity index is 1760. The summed E-state index contributed by atoms with van der Waals surface area (Å²) in [6.07, 6.45) is 9.59. The highest BCUT2D eigenvalue weighted by atomic mass is 17.1. The first-order chi connectivity index (χ1) is 24.0. The van der Waals surface area contributed by atoms with Gasteiger partial charge in [0.2, 0.25) is 0 Å². The Morgan fingerprint density at radius 1 is 0.920 bits per heavy atom. The molecule has 11 heteroatoms. The number of hydrogen-bond donors (Lipinski definition) is 1. The van der Waals surface area contributed by atoms with Gasteiger partial charge < -0.3 is 18.9 Å². The van der Waals surface area contributed by atoms with Crippen molar-refractivity contribution in [1.82, 2.24) is 9.97 Å². The third kappa shape index (κ3) is 7.26. The van der Waals surface area contributed by atoms with Gasteiger partial charge in [-0.3, -0.25) is 15.2 Å². The summed E-state index contributed by atoms with van der Waals surface area (Å²) in [7, 11) is 0. The Kier molecular flexibility index (Phi) is 10.0. The summed E-state index contributed by atoms with van der Waals surface area (Å²) in [5.74, 6) is -2.61. The fourth-order valence-electron chi connectivity index (χ4n) is 7.32. The van der Waals surface area contributed by atoms with Crippen LogP contribution < -0.4 is 0 Å². The van der Waals surface area contributed by atoms with E-state index in [4.69, 9.17) is 23.8 Å². The van der Waals surface area contributed by atoms with Crippen molar-refractivity contribution in [3.05, 3.63) is 119 Å². The van der Waals surface area contributed by atoms with Crippen molar-refractivity contribution in [2.24, 2.45) is 11.3 Å². The first-order valence-corrected chi connectivity index (χ1v) is 16.8. The van der Waals surface area contributed by atoms with E-state index in [1.54, 1.807) is 80.8 Å². The van der Waals surface area contributed by atoms with Crippen LogP contribution in [0.2, 0.25) is 0 Å². The van der Waals surface area contributed by atoms with E-state index in [1.165, 1.54) is 12.4 Å². The van der Waals surface area contributed by atoms with Crippen LogP contribution in [0.25, 0.3) is 0 Å². The molecular formula is C39H42N2O9. The lowest BCUT2D eigenvalue weighted by Gasteiger charge is -2.46. The van der Waals surface area contributed by atoms with Crippen molar-refractivity contribution < 1.29 is 43.5 Å². The fraction of sp³-hybridized carbons (Fsp3) is 0.410. The molecule has 50 heavy (non-hydrogen) atoms. The number of nitrogens with zero attached hydrogens (tertiary/aromatic N) is 2. The van der Waals surface area contributed by atoms with Crippen molar-refractivity contribution in [3.63, 3.8) is 0 Å². The summed E-state index contributed by atoms with van der Waals surface area (Å²) in [5, 5.41) is 10.3. The number of carbonyl (C=O) groups is 3. The Hall–Kier alpha value is -4.71. The number of fused-ring (bicyclic) bond motifs is 2. The molecule has 0 saturated carbocycles. The molecule has 1 saturated heterocycles. The quantitative estimate of drug-likeness (QED) is 0.0653. The monoisotopic (exact) mass is 682 g/mol. The maximum atomic E-state index is 13.8. The second-order valence-corrected chi connectivity index (χ2v) is 14.0. The lowest BCUT2D eigenvalue weighted by Crippen LogP contribution is -2.53. The molecule has 3 heterocycles. The van der Waals surface area contributed by atoms with Crippen LogP contribution in [0.15, 0.2) is 103 Å². The van der Waals surface area contributed by atoms with Crippen molar-refractivity contribution in [2.45, 2.75) is 82.9 Å². The molecule has 6 rings (SSSR count). The zero-order valence-corrected chi connectivity index (χ0v) is 28.6. The molecule has 1 aliphatic heterocycles. The molecule has 1 N–H and O–H groups in total. The Balaban J connectivity index is 1.51. The minimum absolute atomic E-state index is 0.110. The molecule has 0 amide bonds. The molecule has 0 unspecified atom stereocenters. The number of epoxide rings is 1. The molecule has 2 aliphatic carbocycles. The van der Waals surface area contributed by atoms with Crippen LogP contribution in [0.4, 0.5) is 0 Å². The summed E-state index contributed by atoms with van der Waals surface area (Å²) in [5.41, 5.74) is -0.790. The van der Waals surface area contributed by atoms with Crippen LogP contribution >= 0.6 is 0 Å². The third-order valence-electron chi connectivity index (χ3n) is 10.2. The average Bonchev–Trinajstić information content (AvgIpc) is 3.60. The van der Waals surface area contributed by atoms with Gasteiger partial charge in [0, 0.05) is 37.1 Å². The predicted octanol–water partition coefficient (Wildman–Crippen LogP) is 6.57. The largest absolute Gasteiger partial charge is 0.461 e. The van der Waals surface area contributed by atoms with Gasteiger partial charge in [-0.2, -0.15) is 0 Å². The third-order valence-corrected chi connectivity index (χ3v) is 10.2. The maximum Gasteiger partial charge on any atom is 0.340 e. The number of esters is 3. The number of aromatic nitrogens is 2. The molecule has 0 spiro atoms. The number of carbonyl (C=O) groups excluding carboxylic acids is 3. The molecule has 3 aliphatic rings. The van der Waals surface area contributed by atoms with Crippen molar-refractivity contribution in [3.8, 4) is 0 Å². The van der Waals surface area contributed by atoms with E-state index >= 15 is 0 Å². The summed E-state index contributed by atoms with van der Waals surface area (Å²) in [6, 6.07) is 15.1. The minimum Gasteiger partial charge on any atom is -0.461 e. The lowest BCUT2D eigenvalue weighted by molar-refractivity contribution is -0.303. The Morgan fingerprint density at radius 3 is 2.18 bits per heavy atom. The molecule has 2 aromatic heterocycles. The van der Waals surface area contributed by atoms with Crippen molar-refractivity contribution in [2.75, 3.05) is 6.61 Å². The van der Waals surface area contributed by atoms with Gasteiger partial charge in [0.05, 0.1) is 33.8 Å². The van der Waals surface area contributed by atoms with Crippen LogP contribution in [0.3, 0.4) is 0 Å². The van der Waals surface area contributed by atoms with E-state index < -0.39 is 52.7 Å². The highest BCUT2D eigenvalue weighted by Crippen LogP contribution is 2.57. The minimum atomic E-state index is -1.28. The van der Waals surface area contributed by atoms with Crippen molar-refractivity contribution in [1.29, 1.82) is 0 Å². The molecule has 3 aromatic rings. The second kappa shape index (κ2) is 14.3. The molecule has 11 nitrogen and oxygen atoms in total. The molecule has 0 radical (unpaired) electrons. The fourth-order valence-corrected chi connectivity index (χ4v) is 7.32. The number of allylic oxidation sites excluding steroid dienone is 2. The van der Waals surface area contributed by atoms with Gasteiger partial charge >= 0.3 is 17.9 Å². The van der Waals surface area contributed by atoms with E-state index in [0.717, 1.165) is 5.57 Å². The van der Waals surface area contributed by atoms with E-state index in [9.17, 15) is 19.6 Å². The number of ether oxygens (including phenoxy) is 4. The maximum absolute atomic E-state index is 13.8. The Labute approximate surface area is 291 Å². The number of pyridine rings is 2. The topological polar surface area (TPSA) is 147 Å². The van der Waals surface area contributed by atoms with Crippen LogP contribution in [-0.2, 0) is 23.8 Å². The van der Waals surface area contributed by atoms with Crippen LogP contribution in [-0.4, -0.2) is 69.3 Å². The first kappa shape index (κ1) is 35.1. The standard InChI is InChI=1S/C39H42N2O9/c1-25-14-15-31-38(4,49-31)21-30(47-35(43)27-12-8-18-40-22-27)33-29(37(2,3)50-45)16-17-39(33,24-46-34(42)26-10-6-5-7-11-26)32(20-25)48-36(44)28-13-9-19-41-23-28/h5-13,16,18-20,22-23,30-33,45H,14-15,17,21,24H2,1-4H3/b25-20+/t30-,31-,32+,33-,38+,39+/m1/s1. The SMILES string of the molecule is C/C1=C\[C@H](OC(=O)c2cccnc2)[C@@]2(COC(=O)c3ccccc3)CC=C(C(C)(C)OO)[C@@H]2[C@H](OC(=O)c2cccnc2)C[C@]2(C)O[C@@H]2CC1. The van der Waals surface area contributed by atoms with E-state index in [-0.39, 0.29) is 36.7 Å². The van der Waals surface area contributed by atoms with E-state index in [0.29, 0.717) is 24.0 Å². The van der Waals surface area contributed by atoms with Crippen molar-refractivity contribution >= 4 is 17.9 Å². The molecular weight excluding hydrogens is 640 g/mol. The van der Waals surface area contributed by atoms with E-state index in [2.05, 4.69) is 9.97 Å². The van der Waals surface area contributed by atoms with Gasteiger partial charge in [-0.05, 0) is 95.0 Å². The zero-order valence-electron chi connectivity index (χ0n) is 28.6.